The number of rotatable bonds is 8. The maximum atomic E-state index is 14.0. The molecule has 0 aliphatic carbocycles. The lowest BCUT2D eigenvalue weighted by Crippen LogP contribution is -2.60. The number of fused-ring (bicyclic) bond motifs is 1. The van der Waals surface area contributed by atoms with E-state index in [4.69, 9.17) is 10.5 Å². The maximum absolute atomic E-state index is 14.0. The van der Waals surface area contributed by atoms with E-state index in [0.29, 0.717) is 34.5 Å². The van der Waals surface area contributed by atoms with Crippen LogP contribution in [0.15, 0.2) is 72.8 Å². The second-order valence-corrected chi connectivity index (χ2v) is 8.46. The Labute approximate surface area is 208 Å². The summed E-state index contributed by atoms with van der Waals surface area (Å²) in [5, 5.41) is 5.47. The largest absolute Gasteiger partial charge is 0.497 e. The third kappa shape index (κ3) is 4.26. The van der Waals surface area contributed by atoms with Crippen molar-refractivity contribution in [3.63, 3.8) is 0 Å². The van der Waals surface area contributed by atoms with Crippen molar-refractivity contribution < 1.29 is 23.9 Å². The summed E-state index contributed by atoms with van der Waals surface area (Å²) in [4.78, 5) is 53.1. The van der Waals surface area contributed by atoms with Crippen LogP contribution in [0.4, 0.5) is 16.2 Å². The van der Waals surface area contributed by atoms with E-state index in [2.05, 4.69) is 10.6 Å². The number of aryl methyl sites for hydroxylation is 1. The Morgan fingerprint density at radius 1 is 1.08 bits per heavy atom. The van der Waals surface area contributed by atoms with Crippen molar-refractivity contribution in [3.8, 4) is 5.75 Å². The van der Waals surface area contributed by atoms with Gasteiger partial charge < -0.3 is 30.8 Å². The van der Waals surface area contributed by atoms with Gasteiger partial charge >= 0.3 is 6.03 Å². The van der Waals surface area contributed by atoms with Crippen molar-refractivity contribution in [1.82, 2.24) is 5.32 Å². The lowest BCUT2D eigenvalue weighted by Gasteiger charge is -2.36. The molecule has 3 aromatic carbocycles. The molecule has 184 valence electrons. The highest BCUT2D eigenvalue weighted by molar-refractivity contribution is 6.14. The molecular weight excluding hydrogens is 460 g/mol. The van der Waals surface area contributed by atoms with Crippen LogP contribution in [-0.4, -0.2) is 37.8 Å². The molecular formula is C27H26N4O5. The first kappa shape index (κ1) is 24.5. The number of hydrogen-bond donors (Lipinski definition) is 3. The minimum absolute atomic E-state index is 0.254. The summed E-state index contributed by atoms with van der Waals surface area (Å²) in [6, 6.07) is 19.7. The van der Waals surface area contributed by atoms with E-state index in [9.17, 15) is 19.2 Å². The summed E-state index contributed by atoms with van der Waals surface area (Å²) in [6.45, 7) is 1.64. The SMILES string of the molecule is COc1cccc(NC(=O)NC2(C(C(N)=O)c3ccc(C)cc3)C(=O)N(CC=O)c3ccccc32)c1. The normalized spacial score (nSPS) is 17.2. The molecule has 4 amide bonds. The molecule has 0 saturated heterocycles. The Kier molecular flexibility index (Phi) is 6.73. The number of benzene rings is 3. The molecule has 3 aromatic rings. The molecule has 4 rings (SSSR count). The molecule has 1 aliphatic heterocycles. The van der Waals surface area contributed by atoms with Crippen LogP contribution in [0, 0.1) is 6.92 Å². The Bertz CT molecular complexity index is 1320. The molecule has 9 heteroatoms. The molecule has 36 heavy (non-hydrogen) atoms. The van der Waals surface area contributed by atoms with E-state index in [1.807, 2.05) is 6.92 Å². The van der Waals surface area contributed by atoms with E-state index in [1.165, 1.54) is 12.0 Å². The molecule has 1 heterocycles. The highest BCUT2D eigenvalue weighted by Crippen LogP contribution is 2.48. The van der Waals surface area contributed by atoms with Crippen molar-refractivity contribution in [1.29, 1.82) is 0 Å². The van der Waals surface area contributed by atoms with Crippen LogP contribution in [0.5, 0.6) is 5.75 Å². The Hall–Kier alpha value is -4.66. The predicted octanol–water partition coefficient (Wildman–Crippen LogP) is 2.84. The highest BCUT2D eigenvalue weighted by Gasteiger charge is 2.59. The van der Waals surface area contributed by atoms with Crippen molar-refractivity contribution in [2.24, 2.45) is 5.73 Å². The second-order valence-electron chi connectivity index (χ2n) is 8.46. The average Bonchev–Trinajstić information content (AvgIpc) is 3.09. The minimum atomic E-state index is -1.90. The van der Waals surface area contributed by atoms with Crippen LogP contribution in [0.2, 0.25) is 0 Å². The molecule has 0 fully saturated rings. The molecule has 2 atom stereocenters. The second kappa shape index (κ2) is 9.91. The van der Waals surface area contributed by atoms with Gasteiger partial charge in [-0.2, -0.15) is 0 Å². The van der Waals surface area contributed by atoms with E-state index >= 15 is 0 Å². The number of primary amides is 1. The number of nitrogens with two attached hydrogens (primary N) is 1. The molecule has 0 spiro atoms. The van der Waals surface area contributed by atoms with E-state index in [0.717, 1.165) is 5.56 Å². The number of anilines is 2. The number of urea groups is 1. The zero-order chi connectivity index (χ0) is 25.9. The smallest absolute Gasteiger partial charge is 0.320 e. The van der Waals surface area contributed by atoms with Gasteiger partial charge in [-0.05, 0) is 30.7 Å². The number of aldehydes is 1. The first-order valence-electron chi connectivity index (χ1n) is 11.3. The van der Waals surface area contributed by atoms with E-state index in [1.54, 1.807) is 72.8 Å². The predicted molar refractivity (Wildman–Crippen MR) is 135 cm³/mol. The van der Waals surface area contributed by atoms with E-state index < -0.39 is 29.3 Å². The number of methoxy groups -OCH3 is 1. The van der Waals surface area contributed by atoms with Crippen molar-refractivity contribution >= 4 is 35.5 Å². The zero-order valence-corrected chi connectivity index (χ0v) is 19.9. The summed E-state index contributed by atoms with van der Waals surface area (Å²) in [6.07, 6.45) is 0.590. The van der Waals surface area contributed by atoms with Gasteiger partial charge in [0.2, 0.25) is 5.91 Å². The van der Waals surface area contributed by atoms with Crippen molar-refractivity contribution in [2.75, 3.05) is 23.9 Å². The quantitative estimate of drug-likeness (QED) is 0.422. The van der Waals surface area contributed by atoms with E-state index in [-0.39, 0.29) is 6.54 Å². The summed E-state index contributed by atoms with van der Waals surface area (Å²) in [7, 11) is 1.50. The van der Waals surface area contributed by atoms with Crippen LogP contribution in [0.3, 0.4) is 0 Å². The van der Waals surface area contributed by atoms with Gasteiger partial charge in [-0.3, -0.25) is 9.59 Å². The third-order valence-electron chi connectivity index (χ3n) is 6.23. The number of hydrogen-bond acceptors (Lipinski definition) is 5. The topological polar surface area (TPSA) is 131 Å². The monoisotopic (exact) mass is 486 g/mol. The number of carbonyl (C=O) groups excluding carboxylic acids is 4. The number of para-hydroxylation sites is 1. The lowest BCUT2D eigenvalue weighted by molar-refractivity contribution is -0.131. The minimum Gasteiger partial charge on any atom is -0.497 e. The Balaban J connectivity index is 1.87. The highest BCUT2D eigenvalue weighted by atomic mass is 16.5. The molecule has 1 aliphatic rings. The molecule has 2 unspecified atom stereocenters. The van der Waals surface area contributed by atoms with Crippen molar-refractivity contribution in [2.45, 2.75) is 18.4 Å². The van der Waals surface area contributed by atoms with Crippen LogP contribution >= 0.6 is 0 Å². The number of amides is 4. The van der Waals surface area contributed by atoms with Gasteiger partial charge in [0.05, 0.1) is 25.3 Å². The lowest BCUT2D eigenvalue weighted by atomic mass is 9.74. The van der Waals surface area contributed by atoms with Gasteiger partial charge in [0.15, 0.2) is 5.54 Å². The maximum Gasteiger partial charge on any atom is 0.320 e. The number of ether oxygens (including phenoxy) is 1. The molecule has 0 radical (unpaired) electrons. The average molecular weight is 487 g/mol. The van der Waals surface area contributed by atoms with Gasteiger partial charge in [-0.1, -0.05) is 54.1 Å². The van der Waals surface area contributed by atoms with Crippen LogP contribution in [-0.2, 0) is 19.9 Å². The fraction of sp³-hybridized carbons (Fsp3) is 0.185. The Morgan fingerprint density at radius 3 is 2.47 bits per heavy atom. The van der Waals surface area contributed by atoms with Crippen LogP contribution < -0.4 is 26.0 Å². The fourth-order valence-corrected chi connectivity index (χ4v) is 4.64. The number of carbonyl (C=O) groups is 4. The van der Waals surface area contributed by atoms with Gasteiger partial charge in [0.1, 0.15) is 12.0 Å². The summed E-state index contributed by atoms with van der Waals surface area (Å²) in [5.74, 6) is -2.19. The number of nitrogens with zero attached hydrogens (tertiary/aromatic N) is 1. The Morgan fingerprint density at radius 2 is 1.81 bits per heavy atom. The van der Waals surface area contributed by atoms with Gasteiger partial charge in [-0.15, -0.1) is 0 Å². The third-order valence-corrected chi connectivity index (χ3v) is 6.23. The van der Waals surface area contributed by atoms with Gasteiger partial charge in [-0.25, -0.2) is 4.79 Å². The first-order valence-corrected chi connectivity index (χ1v) is 11.3. The zero-order valence-electron chi connectivity index (χ0n) is 19.9. The fourth-order valence-electron chi connectivity index (χ4n) is 4.64. The molecule has 0 aromatic heterocycles. The van der Waals surface area contributed by atoms with Gasteiger partial charge in [0.25, 0.3) is 5.91 Å². The molecule has 4 N–H and O–H groups in total. The molecule has 0 bridgehead atoms. The molecule has 0 saturated carbocycles. The standard InChI is InChI=1S/C27H26N4O5/c1-17-10-12-18(13-11-17)23(24(28)33)27(30-26(35)29-19-6-5-7-20(16-19)36-2)21-8-3-4-9-22(21)31(14-15-32)25(27)34/h3-13,15-16,23H,14H2,1-2H3,(H2,28,33)(H2,29,30,35). The van der Waals surface area contributed by atoms with Crippen LogP contribution in [0.1, 0.15) is 22.6 Å². The first-order chi connectivity index (χ1) is 17.3. The summed E-state index contributed by atoms with van der Waals surface area (Å²) < 4.78 is 5.20. The van der Waals surface area contributed by atoms with Gasteiger partial charge in [0, 0.05) is 17.3 Å². The summed E-state index contributed by atoms with van der Waals surface area (Å²) >= 11 is 0. The summed E-state index contributed by atoms with van der Waals surface area (Å²) in [5.41, 5.74) is 6.59. The van der Waals surface area contributed by atoms with Crippen LogP contribution in [0.25, 0.3) is 0 Å². The van der Waals surface area contributed by atoms with Crippen molar-refractivity contribution in [3.05, 3.63) is 89.5 Å². The number of nitrogens with one attached hydrogen (secondary N) is 2. The molecule has 9 nitrogen and oxygen atoms in total.